The van der Waals surface area contributed by atoms with Gasteiger partial charge in [-0.2, -0.15) is 17.8 Å². The lowest BCUT2D eigenvalue weighted by molar-refractivity contribution is -0.0748. The molecule has 1 aliphatic heterocycles. The Hall–Kier alpha value is -0.170. The lowest BCUT2D eigenvalue weighted by Gasteiger charge is -2.19. The summed E-state index contributed by atoms with van der Waals surface area (Å²) in [5.74, 6) is 0. The number of likely N-dealkylation sites (N-methyl/N-ethyl adjacent to an activating group) is 1. The summed E-state index contributed by atoms with van der Waals surface area (Å²) in [6.45, 7) is 0.637. The second-order valence-electron chi connectivity index (χ2n) is 1.66. The van der Waals surface area contributed by atoms with Crippen molar-refractivity contribution in [1.29, 1.82) is 0 Å². The molecule has 1 heterocycles. The van der Waals surface area contributed by atoms with Crippen molar-refractivity contribution in [2.75, 3.05) is 20.2 Å². The molecule has 1 fully saturated rings. The van der Waals surface area contributed by atoms with E-state index < -0.39 is 10.4 Å². The highest BCUT2D eigenvalue weighted by Crippen LogP contribution is 2.04. The molecule has 0 saturated carbocycles. The van der Waals surface area contributed by atoms with Gasteiger partial charge >= 0.3 is 10.4 Å². The van der Waals surface area contributed by atoms with Crippen molar-refractivity contribution < 1.29 is 16.9 Å². The van der Waals surface area contributed by atoms with Crippen LogP contribution in [0.1, 0.15) is 0 Å². The van der Waals surface area contributed by atoms with Crippen LogP contribution in [0.2, 0.25) is 0 Å². The maximum Gasteiger partial charge on any atom is 0.416 e. The Morgan fingerprint density at radius 2 is 2.22 bits per heavy atom. The van der Waals surface area contributed by atoms with Crippen molar-refractivity contribution in [2.45, 2.75) is 0 Å². The van der Waals surface area contributed by atoms with Gasteiger partial charge in [0.2, 0.25) is 0 Å². The van der Waals surface area contributed by atoms with Gasteiger partial charge in [-0.1, -0.05) is 0 Å². The standard InChI is InChI=1S/C3H7NO4S/c1-4-2-3-7-9(5,6)8-4/h2-3H2,1H3. The molecule has 0 aliphatic carbocycles. The molecule has 0 spiro atoms. The minimum absolute atomic E-state index is 0.166. The molecule has 0 aromatic heterocycles. The Morgan fingerprint density at radius 1 is 1.56 bits per heavy atom. The average molecular weight is 153 g/mol. The average Bonchev–Trinajstić information content (AvgIpc) is 1.60. The van der Waals surface area contributed by atoms with E-state index in [9.17, 15) is 8.42 Å². The third kappa shape index (κ3) is 1.90. The molecule has 1 aliphatic rings. The maximum absolute atomic E-state index is 10.4. The van der Waals surface area contributed by atoms with Gasteiger partial charge in [-0.05, 0) is 0 Å². The number of hydroxylamine groups is 2. The van der Waals surface area contributed by atoms with Crippen LogP contribution in [-0.4, -0.2) is 33.7 Å². The molecule has 6 heteroatoms. The molecule has 1 rings (SSSR count). The Bertz CT molecular complexity index is 186. The van der Waals surface area contributed by atoms with Crippen LogP contribution in [0.3, 0.4) is 0 Å². The zero-order valence-corrected chi connectivity index (χ0v) is 5.72. The fraction of sp³-hybridized carbons (Fsp3) is 1.00. The number of rotatable bonds is 0. The molecular weight excluding hydrogens is 146 g/mol. The Labute approximate surface area is 53.4 Å². The van der Waals surface area contributed by atoms with Crippen molar-refractivity contribution in [3.8, 4) is 0 Å². The molecule has 0 aromatic rings. The van der Waals surface area contributed by atoms with Crippen molar-refractivity contribution in [3.63, 3.8) is 0 Å². The predicted molar refractivity (Wildman–Crippen MR) is 28.6 cm³/mol. The third-order valence-electron chi connectivity index (χ3n) is 0.852. The first-order chi connectivity index (χ1) is 4.10. The molecule has 1 saturated heterocycles. The SMILES string of the molecule is CN1CCOS(=O)(=O)O1. The van der Waals surface area contributed by atoms with Gasteiger partial charge in [-0.15, -0.1) is 0 Å². The quantitative estimate of drug-likeness (QED) is 0.452. The largest absolute Gasteiger partial charge is 0.416 e. The molecule has 9 heavy (non-hydrogen) atoms. The van der Waals surface area contributed by atoms with Crippen molar-refractivity contribution >= 4 is 10.4 Å². The summed E-state index contributed by atoms with van der Waals surface area (Å²) < 4.78 is 29.3. The molecule has 0 unspecified atom stereocenters. The highest BCUT2D eigenvalue weighted by molar-refractivity contribution is 7.81. The van der Waals surface area contributed by atoms with Crippen molar-refractivity contribution in [1.82, 2.24) is 5.06 Å². The zero-order chi connectivity index (χ0) is 6.91. The van der Waals surface area contributed by atoms with E-state index in [1.54, 1.807) is 0 Å². The third-order valence-corrected chi connectivity index (χ3v) is 1.74. The summed E-state index contributed by atoms with van der Waals surface area (Å²) in [6.07, 6.45) is 0. The molecule has 5 nitrogen and oxygen atoms in total. The van der Waals surface area contributed by atoms with Gasteiger partial charge in [0.25, 0.3) is 0 Å². The minimum Gasteiger partial charge on any atom is -0.246 e. The van der Waals surface area contributed by atoms with Crippen molar-refractivity contribution in [2.24, 2.45) is 0 Å². The van der Waals surface area contributed by atoms with Gasteiger partial charge in [-0.3, -0.25) is 0 Å². The smallest absolute Gasteiger partial charge is 0.246 e. The van der Waals surface area contributed by atoms with Crippen LogP contribution in [0.5, 0.6) is 0 Å². The van der Waals surface area contributed by atoms with E-state index in [2.05, 4.69) is 8.47 Å². The normalized spacial score (nSPS) is 28.1. The van der Waals surface area contributed by atoms with E-state index in [-0.39, 0.29) is 6.61 Å². The monoisotopic (exact) mass is 153 g/mol. The lowest BCUT2D eigenvalue weighted by Crippen LogP contribution is -2.34. The first kappa shape index (κ1) is 6.94. The molecular formula is C3H7NO4S. The van der Waals surface area contributed by atoms with E-state index in [0.717, 1.165) is 0 Å². The zero-order valence-electron chi connectivity index (χ0n) is 4.90. The van der Waals surface area contributed by atoms with Gasteiger partial charge in [0.1, 0.15) is 0 Å². The lowest BCUT2D eigenvalue weighted by atomic mass is 10.7. The van der Waals surface area contributed by atoms with Gasteiger partial charge in [-0.25, -0.2) is 4.18 Å². The summed E-state index contributed by atoms with van der Waals surface area (Å²) in [5.41, 5.74) is 0. The molecule has 54 valence electrons. The Kier molecular flexibility index (Phi) is 1.71. The van der Waals surface area contributed by atoms with Gasteiger partial charge in [0, 0.05) is 7.05 Å². The predicted octanol–water partition coefficient (Wildman–Crippen LogP) is -0.875. The van der Waals surface area contributed by atoms with Crippen LogP contribution < -0.4 is 0 Å². The Balaban J connectivity index is 2.62. The second-order valence-corrected chi connectivity index (χ2v) is 2.86. The van der Waals surface area contributed by atoms with Crippen LogP contribution in [0.15, 0.2) is 0 Å². The van der Waals surface area contributed by atoms with Crippen LogP contribution in [0, 0.1) is 0 Å². The fourth-order valence-corrected chi connectivity index (χ4v) is 1.19. The minimum atomic E-state index is -3.71. The van der Waals surface area contributed by atoms with Crippen LogP contribution in [0.25, 0.3) is 0 Å². The summed E-state index contributed by atoms with van der Waals surface area (Å²) in [6, 6.07) is 0. The van der Waals surface area contributed by atoms with Crippen LogP contribution in [0.4, 0.5) is 0 Å². The Morgan fingerprint density at radius 3 is 2.56 bits per heavy atom. The first-order valence-electron chi connectivity index (χ1n) is 2.40. The van der Waals surface area contributed by atoms with E-state index in [0.29, 0.717) is 6.54 Å². The topological polar surface area (TPSA) is 55.8 Å². The van der Waals surface area contributed by atoms with Crippen molar-refractivity contribution in [3.05, 3.63) is 0 Å². The summed E-state index contributed by atoms with van der Waals surface area (Å²) >= 11 is 0. The second kappa shape index (κ2) is 2.22. The molecule has 0 radical (unpaired) electrons. The summed E-state index contributed by atoms with van der Waals surface area (Å²) in [5, 5.41) is 1.21. The number of hydrogen-bond acceptors (Lipinski definition) is 5. The maximum atomic E-state index is 10.4. The first-order valence-corrected chi connectivity index (χ1v) is 3.73. The molecule has 0 bridgehead atoms. The van der Waals surface area contributed by atoms with Crippen LogP contribution >= 0.6 is 0 Å². The summed E-state index contributed by atoms with van der Waals surface area (Å²) in [7, 11) is -2.18. The van der Waals surface area contributed by atoms with Gasteiger partial charge in [0.05, 0.1) is 13.2 Å². The number of nitrogens with zero attached hydrogens (tertiary/aromatic N) is 1. The highest BCUT2D eigenvalue weighted by Gasteiger charge is 2.20. The van der Waals surface area contributed by atoms with Gasteiger partial charge in [0.15, 0.2) is 0 Å². The molecule has 0 N–H and O–H groups in total. The van der Waals surface area contributed by atoms with E-state index in [1.807, 2.05) is 0 Å². The highest BCUT2D eigenvalue weighted by atomic mass is 32.3. The van der Waals surface area contributed by atoms with E-state index in [1.165, 1.54) is 12.1 Å². The molecule has 0 aromatic carbocycles. The molecule has 0 amide bonds. The fourth-order valence-electron chi connectivity index (χ4n) is 0.483. The van der Waals surface area contributed by atoms with E-state index >= 15 is 0 Å². The van der Waals surface area contributed by atoms with E-state index in [4.69, 9.17) is 0 Å². The molecule has 0 atom stereocenters. The van der Waals surface area contributed by atoms with Gasteiger partial charge < -0.3 is 0 Å². The summed E-state index contributed by atoms with van der Waals surface area (Å²) in [4.78, 5) is 0. The number of hydrogen-bond donors (Lipinski definition) is 0. The van der Waals surface area contributed by atoms with Crippen LogP contribution in [-0.2, 0) is 18.9 Å².